The van der Waals surface area contributed by atoms with Gasteiger partial charge >= 0.3 is 0 Å². The third kappa shape index (κ3) is 4.09. The minimum absolute atomic E-state index is 0.0229. The van der Waals surface area contributed by atoms with E-state index >= 15 is 0 Å². The van der Waals surface area contributed by atoms with Crippen molar-refractivity contribution in [2.45, 2.75) is 40.5 Å². The molecular weight excluding hydrogens is 178 g/mol. The molecule has 0 saturated carbocycles. The molecule has 3 nitrogen and oxygen atoms in total. The van der Waals surface area contributed by atoms with Crippen LogP contribution < -0.4 is 5.73 Å². The largest absolute Gasteiger partial charge is 0.396 e. The Morgan fingerprint density at radius 2 is 1.93 bits per heavy atom. The van der Waals surface area contributed by atoms with Crippen LogP contribution in [0.3, 0.4) is 0 Å². The molecule has 0 aromatic heterocycles. The molecule has 0 rings (SSSR count). The molecule has 3 N–H and O–H groups in total. The second kappa shape index (κ2) is 5.35. The normalized spacial score (nSPS) is 14.4. The van der Waals surface area contributed by atoms with Gasteiger partial charge in [-0.3, -0.25) is 4.79 Å². The van der Waals surface area contributed by atoms with Crippen LogP contribution in [0, 0.1) is 17.3 Å². The summed E-state index contributed by atoms with van der Waals surface area (Å²) >= 11 is 0. The van der Waals surface area contributed by atoms with Crippen LogP contribution in [0.4, 0.5) is 0 Å². The van der Waals surface area contributed by atoms with Crippen LogP contribution in [0.25, 0.3) is 0 Å². The standard InChI is InChI=1S/C11H23NO2/c1-8(2)7-11(3,4)9(5-6-13)10(12)14/h8-9,13H,5-7H2,1-4H3,(H2,12,14)/t9-/m1/s1. The van der Waals surface area contributed by atoms with Crippen LogP contribution >= 0.6 is 0 Å². The Bertz CT molecular complexity index is 188. The van der Waals surface area contributed by atoms with Gasteiger partial charge < -0.3 is 10.8 Å². The summed E-state index contributed by atoms with van der Waals surface area (Å²) in [5.74, 6) is 0.00476. The zero-order chi connectivity index (χ0) is 11.4. The van der Waals surface area contributed by atoms with E-state index in [0.717, 1.165) is 6.42 Å². The van der Waals surface area contributed by atoms with Crippen LogP contribution in [-0.4, -0.2) is 17.6 Å². The highest BCUT2D eigenvalue weighted by Gasteiger charge is 2.33. The molecule has 14 heavy (non-hydrogen) atoms. The van der Waals surface area contributed by atoms with Gasteiger partial charge in [-0.1, -0.05) is 27.7 Å². The second-order valence-electron chi connectivity index (χ2n) is 5.05. The summed E-state index contributed by atoms with van der Waals surface area (Å²) in [6.45, 7) is 8.35. The van der Waals surface area contributed by atoms with Crippen molar-refractivity contribution in [2.75, 3.05) is 6.61 Å². The molecule has 0 aliphatic rings. The Morgan fingerprint density at radius 3 is 2.21 bits per heavy atom. The Kier molecular flexibility index (Phi) is 5.13. The summed E-state index contributed by atoms with van der Waals surface area (Å²) in [5, 5.41) is 8.88. The minimum Gasteiger partial charge on any atom is -0.396 e. The highest BCUT2D eigenvalue weighted by atomic mass is 16.3. The van der Waals surface area contributed by atoms with Gasteiger partial charge in [-0.25, -0.2) is 0 Å². The first kappa shape index (κ1) is 13.4. The molecule has 0 unspecified atom stereocenters. The SMILES string of the molecule is CC(C)CC(C)(C)[C@H](CCO)C(N)=O. The Morgan fingerprint density at radius 1 is 1.43 bits per heavy atom. The van der Waals surface area contributed by atoms with Crippen LogP contribution in [-0.2, 0) is 4.79 Å². The van der Waals surface area contributed by atoms with Gasteiger partial charge in [0.2, 0.25) is 5.91 Å². The summed E-state index contributed by atoms with van der Waals surface area (Å²) < 4.78 is 0. The summed E-state index contributed by atoms with van der Waals surface area (Å²) in [6.07, 6.45) is 1.41. The fraction of sp³-hybridized carbons (Fsp3) is 0.909. The fourth-order valence-corrected chi connectivity index (χ4v) is 2.24. The van der Waals surface area contributed by atoms with Crippen molar-refractivity contribution in [3.05, 3.63) is 0 Å². The van der Waals surface area contributed by atoms with E-state index in [2.05, 4.69) is 13.8 Å². The van der Waals surface area contributed by atoms with E-state index in [1.165, 1.54) is 0 Å². The van der Waals surface area contributed by atoms with Crippen molar-refractivity contribution in [2.24, 2.45) is 23.0 Å². The summed E-state index contributed by atoms with van der Waals surface area (Å²) in [7, 11) is 0. The number of carbonyl (C=O) groups is 1. The lowest BCUT2D eigenvalue weighted by Gasteiger charge is -2.33. The quantitative estimate of drug-likeness (QED) is 0.684. The Hall–Kier alpha value is -0.570. The zero-order valence-corrected chi connectivity index (χ0v) is 9.71. The maximum atomic E-state index is 11.2. The number of nitrogens with two attached hydrogens (primary N) is 1. The van der Waals surface area contributed by atoms with Gasteiger partial charge in [0, 0.05) is 12.5 Å². The molecule has 0 radical (unpaired) electrons. The molecule has 0 aliphatic carbocycles. The van der Waals surface area contributed by atoms with Crippen molar-refractivity contribution in [1.29, 1.82) is 0 Å². The molecule has 3 heteroatoms. The van der Waals surface area contributed by atoms with E-state index in [1.54, 1.807) is 0 Å². The number of hydrogen-bond donors (Lipinski definition) is 2. The second-order valence-corrected chi connectivity index (χ2v) is 5.05. The van der Waals surface area contributed by atoms with Gasteiger partial charge in [0.1, 0.15) is 0 Å². The van der Waals surface area contributed by atoms with Crippen molar-refractivity contribution in [3.63, 3.8) is 0 Å². The molecule has 0 aliphatic heterocycles. The van der Waals surface area contributed by atoms with E-state index in [9.17, 15) is 4.79 Å². The average molecular weight is 201 g/mol. The van der Waals surface area contributed by atoms with Crippen molar-refractivity contribution in [1.82, 2.24) is 0 Å². The first-order valence-corrected chi connectivity index (χ1v) is 5.21. The number of primary amides is 1. The van der Waals surface area contributed by atoms with Gasteiger partial charge in [-0.15, -0.1) is 0 Å². The maximum absolute atomic E-state index is 11.2. The van der Waals surface area contributed by atoms with Crippen LogP contribution in [0.5, 0.6) is 0 Å². The summed E-state index contributed by atoms with van der Waals surface area (Å²) in [5.41, 5.74) is 5.21. The molecular formula is C11H23NO2. The Labute approximate surface area is 86.7 Å². The van der Waals surface area contributed by atoms with Crippen LogP contribution in [0.2, 0.25) is 0 Å². The lowest BCUT2D eigenvalue weighted by atomic mass is 9.71. The van der Waals surface area contributed by atoms with Crippen molar-refractivity contribution < 1.29 is 9.90 Å². The zero-order valence-electron chi connectivity index (χ0n) is 9.71. The molecule has 1 atom stereocenters. The van der Waals surface area contributed by atoms with E-state index in [4.69, 9.17) is 10.8 Å². The maximum Gasteiger partial charge on any atom is 0.221 e. The summed E-state index contributed by atoms with van der Waals surface area (Å²) in [6, 6.07) is 0. The molecule has 0 aromatic carbocycles. The number of amides is 1. The number of rotatable bonds is 6. The van der Waals surface area contributed by atoms with Crippen molar-refractivity contribution >= 4 is 5.91 Å². The molecule has 0 bridgehead atoms. The minimum atomic E-state index is -0.301. The topological polar surface area (TPSA) is 63.3 Å². The number of carbonyl (C=O) groups excluding carboxylic acids is 1. The predicted molar refractivity (Wildman–Crippen MR) is 57.6 cm³/mol. The molecule has 0 aromatic rings. The monoisotopic (exact) mass is 201 g/mol. The number of aliphatic hydroxyl groups excluding tert-OH is 1. The van der Waals surface area contributed by atoms with E-state index in [-0.39, 0.29) is 23.8 Å². The fourth-order valence-electron chi connectivity index (χ4n) is 2.24. The first-order chi connectivity index (χ1) is 6.31. The predicted octanol–water partition coefficient (Wildman–Crippen LogP) is 1.54. The number of hydrogen-bond acceptors (Lipinski definition) is 2. The van der Waals surface area contributed by atoms with Crippen LogP contribution in [0.15, 0.2) is 0 Å². The van der Waals surface area contributed by atoms with Gasteiger partial charge in [-0.05, 0) is 24.2 Å². The molecule has 0 heterocycles. The molecule has 0 saturated heterocycles. The van der Waals surface area contributed by atoms with Gasteiger partial charge in [0.15, 0.2) is 0 Å². The van der Waals surface area contributed by atoms with E-state index < -0.39 is 0 Å². The molecule has 1 amide bonds. The lowest BCUT2D eigenvalue weighted by Crippen LogP contribution is -2.37. The van der Waals surface area contributed by atoms with Gasteiger partial charge in [0.05, 0.1) is 0 Å². The summed E-state index contributed by atoms with van der Waals surface area (Å²) in [4.78, 5) is 11.2. The first-order valence-electron chi connectivity index (χ1n) is 5.21. The average Bonchev–Trinajstić information content (AvgIpc) is 1.96. The number of aliphatic hydroxyl groups is 1. The lowest BCUT2D eigenvalue weighted by molar-refractivity contribution is -0.126. The molecule has 0 spiro atoms. The highest BCUT2D eigenvalue weighted by Crippen LogP contribution is 2.35. The highest BCUT2D eigenvalue weighted by molar-refractivity contribution is 5.77. The van der Waals surface area contributed by atoms with Crippen molar-refractivity contribution in [3.8, 4) is 0 Å². The third-order valence-electron chi connectivity index (χ3n) is 2.64. The van der Waals surface area contributed by atoms with Gasteiger partial charge in [-0.2, -0.15) is 0 Å². The van der Waals surface area contributed by atoms with Crippen LogP contribution in [0.1, 0.15) is 40.5 Å². The van der Waals surface area contributed by atoms with Gasteiger partial charge in [0.25, 0.3) is 0 Å². The van der Waals surface area contributed by atoms with E-state index in [1.807, 2.05) is 13.8 Å². The molecule has 84 valence electrons. The molecule has 0 fully saturated rings. The van der Waals surface area contributed by atoms with E-state index in [0.29, 0.717) is 12.3 Å². The smallest absolute Gasteiger partial charge is 0.221 e. The Balaban J connectivity index is 4.53. The third-order valence-corrected chi connectivity index (χ3v) is 2.64.